The lowest BCUT2D eigenvalue weighted by Gasteiger charge is -2.24. The Morgan fingerprint density at radius 1 is 1.50 bits per heavy atom. The van der Waals surface area contributed by atoms with Gasteiger partial charge >= 0.3 is 0 Å². The standard InChI is InChI=1S/C14H21NO/c1-14(7-6-12(10-14)15-2)9-11-4-3-5-13(16)8-11/h3-5,8,12,15-16H,6-7,9-10H2,1-2H3. The maximum Gasteiger partial charge on any atom is 0.115 e. The highest BCUT2D eigenvalue weighted by atomic mass is 16.3. The van der Waals surface area contributed by atoms with Gasteiger partial charge in [0.25, 0.3) is 0 Å². The molecular weight excluding hydrogens is 198 g/mol. The number of phenols is 1. The second-order valence-electron chi connectivity index (χ2n) is 5.39. The molecule has 2 atom stereocenters. The number of phenolic OH excluding ortho intramolecular Hbond substituents is 1. The smallest absolute Gasteiger partial charge is 0.115 e. The lowest BCUT2D eigenvalue weighted by atomic mass is 9.82. The minimum Gasteiger partial charge on any atom is -0.508 e. The summed E-state index contributed by atoms with van der Waals surface area (Å²) in [5.41, 5.74) is 1.64. The normalized spacial score (nSPS) is 29.5. The molecule has 0 aliphatic heterocycles. The highest BCUT2D eigenvalue weighted by molar-refractivity contribution is 5.28. The Balaban J connectivity index is 2.04. The van der Waals surface area contributed by atoms with E-state index in [9.17, 15) is 5.11 Å². The summed E-state index contributed by atoms with van der Waals surface area (Å²) < 4.78 is 0. The lowest BCUT2D eigenvalue weighted by Crippen LogP contribution is -2.24. The van der Waals surface area contributed by atoms with Crippen molar-refractivity contribution < 1.29 is 5.11 Å². The van der Waals surface area contributed by atoms with Crippen LogP contribution in [0.3, 0.4) is 0 Å². The highest BCUT2D eigenvalue weighted by Gasteiger charge is 2.34. The van der Waals surface area contributed by atoms with Crippen LogP contribution in [0.4, 0.5) is 0 Å². The summed E-state index contributed by atoms with van der Waals surface area (Å²) in [7, 11) is 2.05. The molecule has 2 heteroatoms. The number of hydrogen-bond donors (Lipinski definition) is 2. The zero-order valence-electron chi connectivity index (χ0n) is 10.2. The van der Waals surface area contributed by atoms with E-state index in [2.05, 4.69) is 18.3 Å². The van der Waals surface area contributed by atoms with E-state index >= 15 is 0 Å². The van der Waals surface area contributed by atoms with Gasteiger partial charge in [0.2, 0.25) is 0 Å². The summed E-state index contributed by atoms with van der Waals surface area (Å²) in [6, 6.07) is 8.33. The predicted octanol–water partition coefficient (Wildman–Crippen LogP) is 2.71. The van der Waals surface area contributed by atoms with Crippen LogP contribution >= 0.6 is 0 Å². The first-order chi connectivity index (χ1) is 7.61. The first kappa shape index (κ1) is 11.5. The van der Waals surface area contributed by atoms with Crippen molar-refractivity contribution >= 4 is 0 Å². The van der Waals surface area contributed by atoms with E-state index < -0.39 is 0 Å². The molecule has 1 fully saturated rings. The maximum absolute atomic E-state index is 9.46. The van der Waals surface area contributed by atoms with Crippen molar-refractivity contribution in [3.05, 3.63) is 29.8 Å². The van der Waals surface area contributed by atoms with Gasteiger partial charge in [0.1, 0.15) is 5.75 Å². The molecule has 2 unspecified atom stereocenters. The third-order valence-corrected chi connectivity index (χ3v) is 3.79. The molecule has 0 amide bonds. The van der Waals surface area contributed by atoms with Crippen molar-refractivity contribution in [2.45, 2.75) is 38.6 Å². The zero-order valence-corrected chi connectivity index (χ0v) is 10.2. The Morgan fingerprint density at radius 3 is 2.94 bits per heavy atom. The van der Waals surface area contributed by atoms with Crippen molar-refractivity contribution in [3.63, 3.8) is 0 Å². The molecule has 1 saturated carbocycles. The molecule has 1 aliphatic carbocycles. The molecular formula is C14H21NO. The topological polar surface area (TPSA) is 32.3 Å². The first-order valence-corrected chi connectivity index (χ1v) is 6.06. The molecule has 1 aromatic carbocycles. The van der Waals surface area contributed by atoms with Crippen LogP contribution in [0.15, 0.2) is 24.3 Å². The molecule has 0 radical (unpaired) electrons. The van der Waals surface area contributed by atoms with E-state index in [0.717, 1.165) is 6.42 Å². The van der Waals surface area contributed by atoms with Gasteiger partial charge in [-0.3, -0.25) is 0 Å². The summed E-state index contributed by atoms with van der Waals surface area (Å²) in [6.45, 7) is 2.36. The van der Waals surface area contributed by atoms with E-state index in [1.807, 2.05) is 19.2 Å². The summed E-state index contributed by atoms with van der Waals surface area (Å²) in [4.78, 5) is 0. The minimum atomic E-state index is 0.379. The second-order valence-corrected chi connectivity index (χ2v) is 5.39. The van der Waals surface area contributed by atoms with Gasteiger partial charge in [-0.25, -0.2) is 0 Å². The molecule has 0 saturated heterocycles. The summed E-state index contributed by atoms with van der Waals surface area (Å²) in [5.74, 6) is 0.379. The van der Waals surface area contributed by atoms with Crippen LogP contribution in [0.2, 0.25) is 0 Å². The molecule has 0 spiro atoms. The highest BCUT2D eigenvalue weighted by Crippen LogP contribution is 2.40. The van der Waals surface area contributed by atoms with Gasteiger partial charge in [-0.1, -0.05) is 19.1 Å². The fourth-order valence-corrected chi connectivity index (χ4v) is 2.89. The maximum atomic E-state index is 9.46. The molecule has 1 aliphatic rings. The molecule has 2 N–H and O–H groups in total. The molecule has 2 rings (SSSR count). The summed E-state index contributed by atoms with van der Waals surface area (Å²) in [5, 5.41) is 12.8. The van der Waals surface area contributed by atoms with Crippen LogP contribution in [0.1, 0.15) is 31.7 Å². The molecule has 0 bridgehead atoms. The van der Waals surface area contributed by atoms with Gasteiger partial charge in [-0.15, -0.1) is 0 Å². The third-order valence-electron chi connectivity index (χ3n) is 3.79. The van der Waals surface area contributed by atoms with Gasteiger partial charge in [-0.05, 0) is 55.8 Å². The Morgan fingerprint density at radius 2 is 2.31 bits per heavy atom. The summed E-state index contributed by atoms with van der Waals surface area (Å²) >= 11 is 0. The van der Waals surface area contributed by atoms with Gasteiger partial charge < -0.3 is 10.4 Å². The third kappa shape index (κ3) is 2.56. The quantitative estimate of drug-likeness (QED) is 0.819. The molecule has 0 heterocycles. The Kier molecular flexibility index (Phi) is 3.20. The molecule has 1 aromatic rings. The van der Waals surface area contributed by atoms with Crippen LogP contribution in [0.5, 0.6) is 5.75 Å². The minimum absolute atomic E-state index is 0.379. The van der Waals surface area contributed by atoms with E-state index in [-0.39, 0.29) is 0 Å². The monoisotopic (exact) mass is 219 g/mol. The number of nitrogens with one attached hydrogen (secondary N) is 1. The molecule has 16 heavy (non-hydrogen) atoms. The van der Waals surface area contributed by atoms with Crippen molar-refractivity contribution in [1.82, 2.24) is 5.32 Å². The van der Waals surface area contributed by atoms with Gasteiger partial charge in [0.15, 0.2) is 0 Å². The van der Waals surface area contributed by atoms with E-state index in [1.165, 1.54) is 24.8 Å². The Labute approximate surface area is 97.7 Å². The Bertz CT molecular complexity index is 364. The fraction of sp³-hybridized carbons (Fsp3) is 0.571. The average molecular weight is 219 g/mol. The largest absolute Gasteiger partial charge is 0.508 e. The SMILES string of the molecule is CNC1CCC(C)(Cc2cccc(O)c2)C1. The van der Waals surface area contributed by atoms with Crippen LogP contribution in [0, 0.1) is 5.41 Å². The summed E-state index contributed by atoms with van der Waals surface area (Å²) in [6.07, 6.45) is 4.85. The number of benzene rings is 1. The van der Waals surface area contributed by atoms with Crippen LogP contribution in [-0.2, 0) is 6.42 Å². The molecule has 2 nitrogen and oxygen atoms in total. The first-order valence-electron chi connectivity index (χ1n) is 6.06. The molecule has 0 aromatic heterocycles. The van der Waals surface area contributed by atoms with Gasteiger partial charge in [0.05, 0.1) is 0 Å². The predicted molar refractivity (Wildman–Crippen MR) is 66.6 cm³/mol. The van der Waals surface area contributed by atoms with Crippen molar-refractivity contribution in [3.8, 4) is 5.75 Å². The van der Waals surface area contributed by atoms with Crippen LogP contribution in [0.25, 0.3) is 0 Å². The number of hydrogen-bond acceptors (Lipinski definition) is 2. The molecule has 88 valence electrons. The van der Waals surface area contributed by atoms with Crippen molar-refractivity contribution in [2.24, 2.45) is 5.41 Å². The number of rotatable bonds is 3. The zero-order chi connectivity index (χ0) is 11.6. The Hall–Kier alpha value is -1.02. The van der Waals surface area contributed by atoms with Crippen LogP contribution < -0.4 is 5.32 Å². The number of aromatic hydroxyl groups is 1. The average Bonchev–Trinajstić information content (AvgIpc) is 2.60. The van der Waals surface area contributed by atoms with Crippen molar-refractivity contribution in [1.29, 1.82) is 0 Å². The lowest BCUT2D eigenvalue weighted by molar-refractivity contribution is 0.324. The van der Waals surface area contributed by atoms with E-state index in [1.54, 1.807) is 6.07 Å². The van der Waals surface area contributed by atoms with Gasteiger partial charge in [-0.2, -0.15) is 0 Å². The van der Waals surface area contributed by atoms with Crippen molar-refractivity contribution in [2.75, 3.05) is 7.05 Å². The fourth-order valence-electron chi connectivity index (χ4n) is 2.89. The van der Waals surface area contributed by atoms with E-state index in [4.69, 9.17) is 0 Å². The van der Waals surface area contributed by atoms with Crippen LogP contribution in [-0.4, -0.2) is 18.2 Å². The van der Waals surface area contributed by atoms with Gasteiger partial charge in [0, 0.05) is 6.04 Å². The second kappa shape index (κ2) is 4.46. The van der Waals surface area contributed by atoms with E-state index in [0.29, 0.717) is 17.2 Å².